The maximum Gasteiger partial charge on any atom is 0.573 e. The van der Waals surface area contributed by atoms with Gasteiger partial charge in [-0.1, -0.05) is 0 Å². The molecule has 1 aliphatic rings. The lowest BCUT2D eigenvalue weighted by Crippen LogP contribution is -2.38. The van der Waals surface area contributed by atoms with Crippen molar-refractivity contribution in [1.29, 1.82) is 0 Å². The first-order chi connectivity index (χ1) is 13.3. The number of aromatic nitrogens is 2. The number of urea groups is 1. The highest BCUT2D eigenvalue weighted by Gasteiger charge is 2.31. The minimum atomic E-state index is -4.69. The Hall–Kier alpha value is -2.91. The second kappa shape index (κ2) is 8.41. The molecule has 1 aromatic heterocycles. The van der Waals surface area contributed by atoms with Crippen molar-refractivity contribution in [1.82, 2.24) is 20.2 Å². The Morgan fingerprint density at radius 3 is 2.68 bits per heavy atom. The van der Waals surface area contributed by atoms with E-state index in [1.165, 1.54) is 12.1 Å². The van der Waals surface area contributed by atoms with Crippen molar-refractivity contribution in [2.45, 2.75) is 19.3 Å². The molecule has 0 spiro atoms. The predicted molar refractivity (Wildman–Crippen MR) is 96.9 cm³/mol. The number of amides is 2. The second-order valence-corrected chi connectivity index (χ2v) is 6.70. The van der Waals surface area contributed by atoms with Crippen molar-refractivity contribution in [3.8, 4) is 5.75 Å². The fraction of sp³-hybridized carbons (Fsp3) is 0.444. The summed E-state index contributed by atoms with van der Waals surface area (Å²) in [6.45, 7) is 2.43. The molecule has 0 saturated carbocycles. The molecule has 0 radical (unpaired) electrons. The highest BCUT2D eigenvalue weighted by atomic mass is 19.4. The third-order valence-electron chi connectivity index (χ3n) is 4.62. The van der Waals surface area contributed by atoms with Crippen LogP contribution in [0, 0.1) is 5.92 Å². The highest BCUT2D eigenvalue weighted by Crippen LogP contribution is 2.28. The standard InChI is InChI=1S/C18H22F3N5O2/c1-25-12-22-9-15(25)10-24-17(27)23-8-13-6-7-26(11-13)14-2-4-16(5-3-14)28-18(19,20)21/h2-5,9,12-13H,6-8,10-11H2,1H3,(H2,23,24,27)/t13-/m0/s1. The van der Waals surface area contributed by atoms with E-state index >= 15 is 0 Å². The highest BCUT2D eigenvalue weighted by molar-refractivity contribution is 5.73. The molecule has 0 bridgehead atoms. The number of ether oxygens (including phenoxy) is 1. The van der Waals surface area contributed by atoms with Crippen LogP contribution in [0.2, 0.25) is 0 Å². The maximum atomic E-state index is 12.2. The third kappa shape index (κ3) is 5.54. The van der Waals surface area contributed by atoms with Gasteiger partial charge in [0, 0.05) is 38.6 Å². The third-order valence-corrected chi connectivity index (χ3v) is 4.62. The number of nitrogens with one attached hydrogen (secondary N) is 2. The van der Waals surface area contributed by atoms with E-state index in [-0.39, 0.29) is 17.7 Å². The summed E-state index contributed by atoms with van der Waals surface area (Å²) in [5.41, 5.74) is 1.73. The quantitative estimate of drug-likeness (QED) is 0.786. The molecule has 2 aromatic rings. The summed E-state index contributed by atoms with van der Waals surface area (Å²) in [6.07, 6.45) is -0.435. The molecule has 2 amide bonds. The molecule has 1 aromatic carbocycles. The minimum absolute atomic E-state index is 0.237. The number of aryl methyl sites for hydroxylation is 1. The number of rotatable bonds is 6. The minimum Gasteiger partial charge on any atom is -0.406 e. The molecule has 1 aliphatic heterocycles. The Morgan fingerprint density at radius 1 is 1.29 bits per heavy atom. The first-order valence-electron chi connectivity index (χ1n) is 8.88. The molecule has 1 saturated heterocycles. The van der Waals surface area contributed by atoms with Gasteiger partial charge in [-0.15, -0.1) is 13.2 Å². The largest absolute Gasteiger partial charge is 0.573 e. The lowest BCUT2D eigenvalue weighted by Gasteiger charge is -2.19. The summed E-state index contributed by atoms with van der Waals surface area (Å²) < 4.78 is 42.4. The van der Waals surface area contributed by atoms with Crippen molar-refractivity contribution in [3.05, 3.63) is 42.5 Å². The summed E-state index contributed by atoms with van der Waals surface area (Å²) in [7, 11) is 1.86. The van der Waals surface area contributed by atoms with Crippen LogP contribution in [0.15, 0.2) is 36.8 Å². The summed E-state index contributed by atoms with van der Waals surface area (Å²) in [6, 6.07) is 5.59. The monoisotopic (exact) mass is 397 g/mol. The molecule has 0 unspecified atom stereocenters. The lowest BCUT2D eigenvalue weighted by molar-refractivity contribution is -0.274. The van der Waals surface area contributed by atoms with Crippen molar-refractivity contribution in [2.75, 3.05) is 24.5 Å². The number of benzene rings is 1. The predicted octanol–water partition coefficient (Wildman–Crippen LogP) is 2.64. The van der Waals surface area contributed by atoms with Gasteiger partial charge >= 0.3 is 12.4 Å². The van der Waals surface area contributed by atoms with Crippen LogP contribution >= 0.6 is 0 Å². The lowest BCUT2D eigenvalue weighted by atomic mass is 10.1. The van der Waals surface area contributed by atoms with Crippen molar-refractivity contribution in [3.63, 3.8) is 0 Å². The zero-order valence-corrected chi connectivity index (χ0v) is 15.4. The number of alkyl halides is 3. The van der Waals surface area contributed by atoms with Crippen LogP contribution in [0.1, 0.15) is 12.1 Å². The Kier molecular flexibility index (Phi) is 5.96. The first kappa shape index (κ1) is 19.8. The van der Waals surface area contributed by atoms with Gasteiger partial charge in [0.15, 0.2) is 0 Å². The number of hydrogen-bond acceptors (Lipinski definition) is 4. The van der Waals surface area contributed by atoms with Gasteiger partial charge in [-0.25, -0.2) is 9.78 Å². The summed E-state index contributed by atoms with van der Waals surface area (Å²) in [5, 5.41) is 5.65. The molecule has 152 valence electrons. The van der Waals surface area contributed by atoms with Crippen LogP contribution in [0.25, 0.3) is 0 Å². The topological polar surface area (TPSA) is 71.4 Å². The van der Waals surface area contributed by atoms with Gasteiger partial charge in [0.2, 0.25) is 0 Å². The summed E-state index contributed by atoms with van der Waals surface area (Å²) >= 11 is 0. The number of imidazole rings is 1. The van der Waals surface area contributed by atoms with E-state index in [9.17, 15) is 18.0 Å². The van der Waals surface area contributed by atoms with Crippen LogP contribution in [-0.2, 0) is 13.6 Å². The molecule has 3 rings (SSSR count). The van der Waals surface area contributed by atoms with Crippen LogP contribution < -0.4 is 20.3 Å². The number of hydrogen-bond donors (Lipinski definition) is 2. The van der Waals surface area contributed by atoms with E-state index < -0.39 is 6.36 Å². The van der Waals surface area contributed by atoms with Crippen molar-refractivity contribution < 1.29 is 22.7 Å². The Labute approximate surface area is 160 Å². The normalized spacial score (nSPS) is 16.9. The zero-order chi connectivity index (χ0) is 20.1. The number of anilines is 1. The van der Waals surface area contributed by atoms with Gasteiger partial charge in [0.05, 0.1) is 18.6 Å². The van der Waals surface area contributed by atoms with E-state index in [2.05, 4.69) is 25.3 Å². The molecule has 10 heteroatoms. The number of carbonyl (C=O) groups is 1. The van der Waals surface area contributed by atoms with Crippen molar-refractivity contribution in [2.24, 2.45) is 13.0 Å². The van der Waals surface area contributed by atoms with Gasteiger partial charge in [-0.05, 0) is 36.6 Å². The molecule has 28 heavy (non-hydrogen) atoms. The van der Waals surface area contributed by atoms with E-state index in [0.717, 1.165) is 30.9 Å². The number of carbonyl (C=O) groups excluding carboxylic acids is 1. The van der Waals surface area contributed by atoms with Crippen LogP contribution in [0.5, 0.6) is 5.75 Å². The van der Waals surface area contributed by atoms with E-state index in [0.29, 0.717) is 13.1 Å². The second-order valence-electron chi connectivity index (χ2n) is 6.70. The molecule has 0 aliphatic carbocycles. The molecule has 7 nitrogen and oxygen atoms in total. The first-order valence-corrected chi connectivity index (χ1v) is 8.88. The maximum absolute atomic E-state index is 12.2. The Balaban J connectivity index is 1.41. The van der Waals surface area contributed by atoms with Gasteiger partial charge in [-0.3, -0.25) is 0 Å². The molecule has 1 atom stereocenters. The van der Waals surface area contributed by atoms with Crippen molar-refractivity contribution >= 4 is 11.7 Å². The fourth-order valence-corrected chi connectivity index (χ4v) is 3.12. The average Bonchev–Trinajstić information content (AvgIpc) is 3.26. The molecule has 2 N–H and O–H groups in total. The number of halogens is 3. The van der Waals surface area contributed by atoms with Gasteiger partial charge in [-0.2, -0.15) is 0 Å². The Bertz CT molecular complexity index is 791. The van der Waals surface area contributed by atoms with Crippen LogP contribution in [-0.4, -0.2) is 41.6 Å². The summed E-state index contributed by atoms with van der Waals surface area (Å²) in [4.78, 5) is 18.0. The van der Waals surface area contributed by atoms with Gasteiger partial charge < -0.3 is 24.8 Å². The fourth-order valence-electron chi connectivity index (χ4n) is 3.12. The number of nitrogens with zero attached hydrogens (tertiary/aromatic N) is 3. The average molecular weight is 397 g/mol. The molecular formula is C18H22F3N5O2. The van der Waals surface area contributed by atoms with E-state index in [4.69, 9.17) is 0 Å². The molecule has 1 fully saturated rings. The zero-order valence-electron chi connectivity index (χ0n) is 15.4. The summed E-state index contributed by atoms with van der Waals surface area (Å²) in [5.74, 6) is 0.0345. The molecule has 2 heterocycles. The molecular weight excluding hydrogens is 375 g/mol. The van der Waals surface area contributed by atoms with Gasteiger partial charge in [0.1, 0.15) is 5.75 Å². The van der Waals surface area contributed by atoms with Crippen LogP contribution in [0.3, 0.4) is 0 Å². The SMILES string of the molecule is Cn1cncc1CNC(=O)NC[C@@H]1CCN(c2ccc(OC(F)(F)F)cc2)C1. The van der Waals surface area contributed by atoms with E-state index in [1.807, 2.05) is 11.6 Å². The van der Waals surface area contributed by atoms with Crippen LogP contribution in [0.4, 0.5) is 23.7 Å². The smallest absolute Gasteiger partial charge is 0.406 e. The van der Waals surface area contributed by atoms with E-state index in [1.54, 1.807) is 24.7 Å². The Morgan fingerprint density at radius 2 is 2.04 bits per heavy atom. The van der Waals surface area contributed by atoms with Gasteiger partial charge in [0.25, 0.3) is 0 Å².